The van der Waals surface area contributed by atoms with Gasteiger partial charge in [0.25, 0.3) is 5.60 Å². The Kier molecular flexibility index (Phi) is 7.08. The molecule has 11 heteroatoms. The molecular weight excluding hydrogens is 476 g/mol. The predicted octanol–water partition coefficient (Wildman–Crippen LogP) is 5.93. The van der Waals surface area contributed by atoms with E-state index in [-0.39, 0.29) is 45.3 Å². The average Bonchev–Trinajstić information content (AvgIpc) is 3.13. The number of aryl methyl sites for hydroxylation is 1. The van der Waals surface area contributed by atoms with Gasteiger partial charge in [-0.3, -0.25) is 9.78 Å². The molecule has 1 aromatic carbocycles. The molecule has 0 spiro atoms. The van der Waals surface area contributed by atoms with Gasteiger partial charge in [-0.2, -0.15) is 13.2 Å². The molecule has 0 saturated carbocycles. The van der Waals surface area contributed by atoms with E-state index in [4.69, 9.17) is 32.8 Å². The van der Waals surface area contributed by atoms with Gasteiger partial charge in [0.05, 0.1) is 24.5 Å². The summed E-state index contributed by atoms with van der Waals surface area (Å²) in [4.78, 5) is 21.4. The van der Waals surface area contributed by atoms with Crippen LogP contribution in [0.3, 0.4) is 0 Å². The quantitative estimate of drug-likeness (QED) is 0.369. The Labute approximate surface area is 190 Å². The standard InChI is InChI=1S/C20H17Cl2F3N2O3S/c1-3-29-18(28)10-31-17-9-26-15(4-11(17)2)16-8-19(30-27-16,20(23,24)25)12-5-13(21)7-14(22)6-12/h4-7,9H,3,8,10H2,1-2H3. The van der Waals surface area contributed by atoms with Gasteiger partial charge >= 0.3 is 12.1 Å². The molecule has 0 radical (unpaired) electrons. The lowest BCUT2D eigenvalue weighted by atomic mass is 9.87. The van der Waals surface area contributed by atoms with E-state index in [9.17, 15) is 18.0 Å². The molecule has 1 unspecified atom stereocenters. The first-order valence-corrected chi connectivity index (χ1v) is 10.8. The molecule has 0 amide bonds. The van der Waals surface area contributed by atoms with Crippen LogP contribution in [0, 0.1) is 6.92 Å². The Morgan fingerprint density at radius 2 is 1.94 bits per heavy atom. The highest BCUT2D eigenvalue weighted by Crippen LogP contribution is 2.49. The summed E-state index contributed by atoms with van der Waals surface area (Å²) in [6, 6.07) is 5.26. The summed E-state index contributed by atoms with van der Waals surface area (Å²) in [7, 11) is 0. The topological polar surface area (TPSA) is 60.8 Å². The number of hydrogen-bond acceptors (Lipinski definition) is 6. The fourth-order valence-corrected chi connectivity index (χ4v) is 4.32. The van der Waals surface area contributed by atoms with E-state index < -0.39 is 18.2 Å². The summed E-state index contributed by atoms with van der Waals surface area (Å²) >= 11 is 13.1. The first-order chi connectivity index (χ1) is 14.6. The van der Waals surface area contributed by atoms with Crippen LogP contribution in [0.2, 0.25) is 10.0 Å². The van der Waals surface area contributed by atoms with Crippen LogP contribution in [0.25, 0.3) is 0 Å². The molecule has 1 atom stereocenters. The Hall–Kier alpha value is -1.97. The molecule has 1 aliphatic rings. The van der Waals surface area contributed by atoms with Gasteiger partial charge in [0.2, 0.25) is 0 Å². The minimum Gasteiger partial charge on any atom is -0.465 e. The van der Waals surface area contributed by atoms with E-state index in [1.807, 2.05) is 0 Å². The normalized spacial score (nSPS) is 18.5. The summed E-state index contributed by atoms with van der Waals surface area (Å²) in [5, 5.41) is 3.81. The zero-order chi connectivity index (χ0) is 22.8. The van der Waals surface area contributed by atoms with Gasteiger partial charge in [0.1, 0.15) is 5.71 Å². The van der Waals surface area contributed by atoms with Gasteiger partial charge in [0.15, 0.2) is 0 Å². The highest BCUT2D eigenvalue weighted by Gasteiger charge is 2.62. The highest BCUT2D eigenvalue weighted by molar-refractivity contribution is 8.00. The lowest BCUT2D eigenvalue weighted by molar-refractivity contribution is -0.275. The Bertz CT molecular complexity index is 1010. The van der Waals surface area contributed by atoms with Crippen LogP contribution in [-0.4, -0.2) is 35.2 Å². The Morgan fingerprint density at radius 3 is 2.52 bits per heavy atom. The number of esters is 1. The molecule has 2 heterocycles. The van der Waals surface area contributed by atoms with Crippen LogP contribution in [0.4, 0.5) is 13.2 Å². The molecule has 0 fully saturated rings. The number of hydrogen-bond donors (Lipinski definition) is 0. The van der Waals surface area contributed by atoms with E-state index in [2.05, 4.69) is 10.1 Å². The van der Waals surface area contributed by atoms with Gasteiger partial charge in [-0.05, 0) is 43.7 Å². The average molecular weight is 493 g/mol. The molecule has 0 N–H and O–H groups in total. The number of halogens is 5. The van der Waals surface area contributed by atoms with Crippen LogP contribution in [0.15, 0.2) is 40.5 Å². The maximum Gasteiger partial charge on any atom is 0.435 e. The maximum absolute atomic E-state index is 14.1. The molecule has 166 valence electrons. The predicted molar refractivity (Wildman–Crippen MR) is 113 cm³/mol. The zero-order valence-corrected chi connectivity index (χ0v) is 18.8. The smallest absolute Gasteiger partial charge is 0.435 e. The van der Waals surface area contributed by atoms with Crippen molar-refractivity contribution >= 4 is 46.6 Å². The number of pyridine rings is 1. The third-order valence-electron chi connectivity index (χ3n) is 4.52. The van der Waals surface area contributed by atoms with Crippen molar-refractivity contribution in [3.05, 3.63) is 57.3 Å². The van der Waals surface area contributed by atoms with Crippen molar-refractivity contribution in [1.29, 1.82) is 0 Å². The number of ether oxygens (including phenoxy) is 1. The minimum absolute atomic E-state index is 0.0402. The summed E-state index contributed by atoms with van der Waals surface area (Å²) < 4.78 is 47.1. The van der Waals surface area contributed by atoms with Crippen molar-refractivity contribution in [3.63, 3.8) is 0 Å². The molecule has 1 aromatic heterocycles. The van der Waals surface area contributed by atoms with Crippen LogP contribution in [-0.2, 0) is 20.0 Å². The van der Waals surface area contributed by atoms with Gasteiger partial charge in [0, 0.05) is 26.7 Å². The van der Waals surface area contributed by atoms with Crippen molar-refractivity contribution in [1.82, 2.24) is 4.98 Å². The fraction of sp³-hybridized carbons (Fsp3) is 0.350. The van der Waals surface area contributed by atoms with E-state index in [1.165, 1.54) is 24.0 Å². The second-order valence-electron chi connectivity index (χ2n) is 6.72. The Balaban J connectivity index is 1.85. The number of carbonyl (C=O) groups is 1. The second-order valence-corrected chi connectivity index (χ2v) is 8.61. The summed E-state index contributed by atoms with van der Waals surface area (Å²) in [5.41, 5.74) is -1.94. The molecular formula is C20H17Cl2F3N2O3S. The van der Waals surface area contributed by atoms with Crippen LogP contribution >= 0.6 is 35.0 Å². The minimum atomic E-state index is -4.78. The van der Waals surface area contributed by atoms with Crippen molar-refractivity contribution in [2.45, 2.75) is 36.9 Å². The molecule has 3 rings (SSSR count). The lowest BCUT2D eigenvalue weighted by Crippen LogP contribution is -2.42. The van der Waals surface area contributed by atoms with Crippen molar-refractivity contribution < 1.29 is 27.5 Å². The summed E-state index contributed by atoms with van der Waals surface area (Å²) in [5.74, 6) is -0.258. The third-order valence-corrected chi connectivity index (χ3v) is 6.08. The van der Waals surface area contributed by atoms with Crippen molar-refractivity contribution in [2.75, 3.05) is 12.4 Å². The van der Waals surface area contributed by atoms with E-state index in [1.54, 1.807) is 19.9 Å². The summed E-state index contributed by atoms with van der Waals surface area (Å²) in [6.07, 6.45) is -3.88. The largest absolute Gasteiger partial charge is 0.465 e. The maximum atomic E-state index is 14.1. The van der Waals surface area contributed by atoms with E-state index in [0.717, 1.165) is 17.7 Å². The molecule has 31 heavy (non-hydrogen) atoms. The SMILES string of the molecule is CCOC(=O)CSc1cnc(C2=NOC(c3cc(Cl)cc(Cl)c3)(C(F)(F)F)C2)cc1C. The zero-order valence-electron chi connectivity index (χ0n) is 16.4. The number of thioether (sulfide) groups is 1. The first kappa shape index (κ1) is 23.7. The molecule has 0 aliphatic carbocycles. The number of nitrogens with zero attached hydrogens (tertiary/aromatic N) is 2. The van der Waals surface area contributed by atoms with Gasteiger partial charge in [-0.1, -0.05) is 28.4 Å². The lowest BCUT2D eigenvalue weighted by Gasteiger charge is -2.29. The first-order valence-electron chi connectivity index (χ1n) is 9.09. The molecule has 0 saturated heterocycles. The van der Waals surface area contributed by atoms with Crippen molar-refractivity contribution in [3.8, 4) is 0 Å². The van der Waals surface area contributed by atoms with Crippen molar-refractivity contribution in [2.24, 2.45) is 5.16 Å². The molecule has 0 bridgehead atoms. The number of carbonyl (C=O) groups excluding carboxylic acids is 1. The van der Waals surface area contributed by atoms with Gasteiger partial charge in [-0.25, -0.2) is 0 Å². The number of aromatic nitrogens is 1. The second kappa shape index (κ2) is 9.26. The highest BCUT2D eigenvalue weighted by atomic mass is 35.5. The number of oxime groups is 1. The van der Waals surface area contributed by atoms with Gasteiger partial charge in [-0.15, -0.1) is 11.8 Å². The number of rotatable bonds is 6. The molecule has 5 nitrogen and oxygen atoms in total. The van der Waals surface area contributed by atoms with E-state index in [0.29, 0.717) is 4.90 Å². The monoisotopic (exact) mass is 492 g/mol. The van der Waals surface area contributed by atoms with Crippen LogP contribution in [0.5, 0.6) is 0 Å². The molecule has 2 aromatic rings. The van der Waals surface area contributed by atoms with E-state index >= 15 is 0 Å². The van der Waals surface area contributed by atoms with Crippen LogP contribution in [0.1, 0.15) is 30.2 Å². The van der Waals surface area contributed by atoms with Gasteiger partial charge < -0.3 is 9.57 Å². The summed E-state index contributed by atoms with van der Waals surface area (Å²) in [6.45, 7) is 3.77. The fourth-order valence-electron chi connectivity index (χ4n) is 3.02. The third kappa shape index (κ3) is 5.10. The number of benzene rings is 1. The van der Waals surface area contributed by atoms with Crippen LogP contribution < -0.4 is 0 Å². The Morgan fingerprint density at radius 1 is 1.26 bits per heavy atom. The molecule has 1 aliphatic heterocycles. The number of alkyl halides is 3.